The average Bonchev–Trinajstić information content (AvgIpc) is 3.13. The summed E-state index contributed by atoms with van der Waals surface area (Å²) >= 11 is 0. The number of aliphatic hydroxyl groups is 1. The molecule has 2 heterocycles. The molecule has 1 N–H and O–H groups in total. The Kier molecular flexibility index (Phi) is 3.57. The minimum atomic E-state index is -0.386. The molecule has 7 nitrogen and oxygen atoms in total. The van der Waals surface area contributed by atoms with E-state index < -0.39 is 0 Å². The number of carbonyl (C=O) groups excluding carboxylic acids is 1. The van der Waals surface area contributed by atoms with E-state index in [1.807, 2.05) is 24.3 Å². The van der Waals surface area contributed by atoms with Crippen LogP contribution < -0.4 is 9.64 Å². The van der Waals surface area contributed by atoms with Crippen molar-refractivity contribution < 1.29 is 14.6 Å². The number of amides is 1. The van der Waals surface area contributed by atoms with Crippen molar-refractivity contribution in [3.8, 4) is 5.75 Å². The number of carbonyl (C=O) groups is 1. The van der Waals surface area contributed by atoms with Crippen LogP contribution in [0.3, 0.4) is 0 Å². The molecule has 0 radical (unpaired) electrons. The molecule has 1 aromatic carbocycles. The van der Waals surface area contributed by atoms with Gasteiger partial charge in [-0.2, -0.15) is 0 Å². The second kappa shape index (κ2) is 5.53. The van der Waals surface area contributed by atoms with Crippen LogP contribution in [0.4, 0.5) is 5.69 Å². The largest absolute Gasteiger partial charge is 0.495 e. The summed E-state index contributed by atoms with van der Waals surface area (Å²) in [4.78, 5) is 14.3. The Morgan fingerprint density at radius 2 is 2.24 bits per heavy atom. The maximum Gasteiger partial charge on any atom is 0.252 e. The van der Waals surface area contributed by atoms with Crippen molar-refractivity contribution in [2.24, 2.45) is 0 Å². The lowest BCUT2D eigenvalue weighted by Gasteiger charge is -2.19. The highest BCUT2D eigenvalue weighted by Crippen LogP contribution is 2.34. The molecule has 1 amide bonds. The van der Waals surface area contributed by atoms with Gasteiger partial charge in [-0.1, -0.05) is 17.3 Å². The fourth-order valence-corrected chi connectivity index (χ4v) is 2.54. The monoisotopic (exact) mass is 288 g/mol. The zero-order valence-corrected chi connectivity index (χ0v) is 11.6. The molecule has 110 valence electrons. The predicted octanol–water partition coefficient (Wildman–Crippen LogP) is 0.757. The van der Waals surface area contributed by atoms with Crippen LogP contribution in [0.25, 0.3) is 0 Å². The number of hydrogen-bond acceptors (Lipinski definition) is 5. The topological polar surface area (TPSA) is 80.5 Å². The molecule has 2 aromatic rings. The summed E-state index contributed by atoms with van der Waals surface area (Å²) < 4.78 is 6.82. The molecular formula is C14H16N4O3. The summed E-state index contributed by atoms with van der Waals surface area (Å²) in [7, 11) is 1.59. The van der Waals surface area contributed by atoms with Crippen LogP contribution in [0.5, 0.6) is 5.75 Å². The molecule has 1 aliphatic rings. The number of methoxy groups -OCH3 is 1. The smallest absolute Gasteiger partial charge is 0.252 e. The van der Waals surface area contributed by atoms with E-state index in [9.17, 15) is 4.79 Å². The maximum atomic E-state index is 12.6. The Morgan fingerprint density at radius 3 is 2.95 bits per heavy atom. The molecule has 0 saturated carbocycles. The van der Waals surface area contributed by atoms with Gasteiger partial charge >= 0.3 is 0 Å². The van der Waals surface area contributed by atoms with E-state index in [0.29, 0.717) is 24.4 Å². The van der Waals surface area contributed by atoms with Gasteiger partial charge in [-0.05, 0) is 18.6 Å². The van der Waals surface area contributed by atoms with Gasteiger partial charge in [-0.3, -0.25) is 4.79 Å². The fraction of sp³-hybridized carbons (Fsp3) is 0.357. The highest BCUT2D eigenvalue weighted by molar-refractivity contribution is 5.99. The lowest BCUT2D eigenvalue weighted by Crippen LogP contribution is -2.28. The van der Waals surface area contributed by atoms with Crippen LogP contribution in [-0.2, 0) is 11.4 Å². The zero-order chi connectivity index (χ0) is 14.8. The number of ether oxygens (including phenoxy) is 1. The van der Waals surface area contributed by atoms with Gasteiger partial charge in [0.2, 0.25) is 0 Å². The molecule has 0 aliphatic carbocycles. The van der Waals surface area contributed by atoms with Crippen molar-refractivity contribution in [2.75, 3.05) is 18.6 Å². The van der Waals surface area contributed by atoms with Crippen molar-refractivity contribution in [1.82, 2.24) is 15.0 Å². The summed E-state index contributed by atoms with van der Waals surface area (Å²) in [6.07, 6.45) is 2.25. The van der Waals surface area contributed by atoms with E-state index in [4.69, 9.17) is 9.84 Å². The Morgan fingerprint density at radius 1 is 1.43 bits per heavy atom. The summed E-state index contributed by atoms with van der Waals surface area (Å²) in [6, 6.07) is 7.04. The molecule has 1 atom stereocenters. The van der Waals surface area contributed by atoms with Crippen LogP contribution >= 0.6 is 0 Å². The third kappa shape index (κ3) is 2.36. The molecule has 1 aromatic heterocycles. The molecule has 3 rings (SSSR count). The molecule has 21 heavy (non-hydrogen) atoms. The summed E-state index contributed by atoms with van der Waals surface area (Å²) in [6.45, 7) is 0.412. The van der Waals surface area contributed by atoms with Crippen molar-refractivity contribution in [2.45, 2.75) is 19.1 Å². The maximum absolute atomic E-state index is 12.6. The molecule has 1 saturated heterocycles. The molecule has 0 bridgehead atoms. The van der Waals surface area contributed by atoms with Crippen LogP contribution in [-0.4, -0.2) is 39.7 Å². The molecule has 7 heteroatoms. The number of anilines is 1. The summed E-state index contributed by atoms with van der Waals surface area (Å²) in [5, 5.41) is 16.8. The van der Waals surface area contributed by atoms with Gasteiger partial charge in [0.25, 0.3) is 5.91 Å². The third-order valence-electron chi connectivity index (χ3n) is 3.59. The van der Waals surface area contributed by atoms with Gasteiger partial charge in [0.15, 0.2) is 0 Å². The molecule has 1 fully saturated rings. The van der Waals surface area contributed by atoms with Crippen molar-refractivity contribution in [3.05, 3.63) is 36.2 Å². The SMILES string of the molecule is COc1ccccc1N1CCC(n2cc(CO)nn2)C1=O. The standard InChI is InChI=1S/C14H16N4O3/c1-21-13-5-3-2-4-11(13)17-7-6-12(14(17)20)18-8-10(9-19)15-16-18/h2-5,8,12,19H,6-7,9H2,1H3. The Balaban J connectivity index is 1.86. The number of nitrogens with zero attached hydrogens (tertiary/aromatic N) is 4. The van der Waals surface area contributed by atoms with E-state index in [2.05, 4.69) is 10.3 Å². The average molecular weight is 288 g/mol. The van der Waals surface area contributed by atoms with Gasteiger partial charge < -0.3 is 14.7 Å². The van der Waals surface area contributed by atoms with Crippen LogP contribution in [0.1, 0.15) is 18.2 Å². The predicted molar refractivity (Wildman–Crippen MR) is 74.9 cm³/mol. The molecule has 0 spiro atoms. The summed E-state index contributed by atoms with van der Waals surface area (Å²) in [5.41, 5.74) is 1.22. The van der Waals surface area contributed by atoms with Gasteiger partial charge in [0, 0.05) is 6.54 Å². The fourth-order valence-electron chi connectivity index (χ4n) is 2.54. The van der Waals surface area contributed by atoms with Crippen LogP contribution in [0.2, 0.25) is 0 Å². The number of benzene rings is 1. The van der Waals surface area contributed by atoms with Crippen molar-refractivity contribution in [1.29, 1.82) is 0 Å². The highest BCUT2D eigenvalue weighted by atomic mass is 16.5. The first-order valence-electron chi connectivity index (χ1n) is 6.70. The Hall–Kier alpha value is -2.41. The first-order chi connectivity index (χ1) is 10.2. The summed E-state index contributed by atoms with van der Waals surface area (Å²) in [5.74, 6) is 0.620. The molecular weight excluding hydrogens is 272 g/mol. The van der Waals surface area contributed by atoms with Gasteiger partial charge in [-0.25, -0.2) is 4.68 Å². The number of aliphatic hydroxyl groups excluding tert-OH is 1. The van der Waals surface area contributed by atoms with E-state index in [-0.39, 0.29) is 18.6 Å². The molecule has 1 unspecified atom stereocenters. The second-order valence-corrected chi connectivity index (χ2v) is 4.81. The first-order valence-corrected chi connectivity index (χ1v) is 6.70. The zero-order valence-electron chi connectivity index (χ0n) is 11.6. The first kappa shape index (κ1) is 13.6. The quantitative estimate of drug-likeness (QED) is 0.898. The normalized spacial score (nSPS) is 18.3. The number of para-hydroxylation sites is 2. The van der Waals surface area contributed by atoms with Gasteiger partial charge in [-0.15, -0.1) is 5.10 Å². The van der Waals surface area contributed by atoms with E-state index in [1.165, 1.54) is 4.68 Å². The van der Waals surface area contributed by atoms with Crippen LogP contribution in [0, 0.1) is 0 Å². The van der Waals surface area contributed by atoms with E-state index >= 15 is 0 Å². The lowest BCUT2D eigenvalue weighted by atomic mass is 10.2. The lowest BCUT2D eigenvalue weighted by molar-refractivity contribution is -0.120. The van der Waals surface area contributed by atoms with Gasteiger partial charge in [0.1, 0.15) is 17.5 Å². The highest BCUT2D eigenvalue weighted by Gasteiger charge is 2.35. The minimum absolute atomic E-state index is 0.0473. The Bertz CT molecular complexity index is 655. The Labute approximate surface area is 121 Å². The second-order valence-electron chi connectivity index (χ2n) is 4.81. The minimum Gasteiger partial charge on any atom is -0.495 e. The van der Waals surface area contributed by atoms with Crippen molar-refractivity contribution in [3.63, 3.8) is 0 Å². The van der Waals surface area contributed by atoms with Gasteiger partial charge in [0.05, 0.1) is 25.6 Å². The number of rotatable bonds is 4. The number of hydrogen-bond donors (Lipinski definition) is 1. The number of aromatic nitrogens is 3. The van der Waals surface area contributed by atoms with Crippen LogP contribution in [0.15, 0.2) is 30.5 Å². The van der Waals surface area contributed by atoms with E-state index in [1.54, 1.807) is 18.2 Å². The van der Waals surface area contributed by atoms with E-state index in [0.717, 1.165) is 5.69 Å². The third-order valence-corrected chi connectivity index (χ3v) is 3.59. The van der Waals surface area contributed by atoms with Crippen molar-refractivity contribution >= 4 is 11.6 Å². The molecule has 1 aliphatic heterocycles.